The van der Waals surface area contributed by atoms with Crippen LogP contribution < -0.4 is 10.8 Å². The molecule has 6 nitrogen and oxygen atoms in total. The van der Waals surface area contributed by atoms with Crippen molar-refractivity contribution in [2.45, 2.75) is 44.5 Å². The molecular formula is C19H19F3N4O2. The van der Waals surface area contributed by atoms with Gasteiger partial charge in [-0.2, -0.15) is 18.7 Å². The lowest BCUT2D eigenvalue weighted by Gasteiger charge is -2.35. The standard InChI is InChI=1S/C19H19F3N4O2/c1-18(2,12-6-4-3-5-7-12)26-10-14-13(16(26)27)8-11(9-23-14)15-24-17(28-25-15)19(20,21)22/h3-9,15,17,24-25H,10H2,1-2H3. The Morgan fingerprint density at radius 3 is 2.57 bits per heavy atom. The molecule has 4 rings (SSSR count). The van der Waals surface area contributed by atoms with E-state index in [-0.39, 0.29) is 5.91 Å². The van der Waals surface area contributed by atoms with Crippen molar-refractivity contribution in [1.29, 1.82) is 0 Å². The van der Waals surface area contributed by atoms with Crippen LogP contribution in [-0.4, -0.2) is 28.2 Å². The van der Waals surface area contributed by atoms with E-state index in [9.17, 15) is 18.0 Å². The molecule has 0 radical (unpaired) electrons. The van der Waals surface area contributed by atoms with Crippen molar-refractivity contribution in [3.63, 3.8) is 0 Å². The first-order chi connectivity index (χ1) is 13.2. The second-order valence-electron chi connectivity index (χ2n) is 7.34. The van der Waals surface area contributed by atoms with Crippen LogP contribution in [0, 0.1) is 0 Å². The van der Waals surface area contributed by atoms with Crippen molar-refractivity contribution in [2.24, 2.45) is 0 Å². The third kappa shape index (κ3) is 3.15. The maximum atomic E-state index is 13.0. The first-order valence-corrected chi connectivity index (χ1v) is 8.78. The van der Waals surface area contributed by atoms with E-state index in [0.29, 0.717) is 23.4 Å². The number of benzene rings is 1. The number of carbonyl (C=O) groups is 1. The summed E-state index contributed by atoms with van der Waals surface area (Å²) in [7, 11) is 0. The fourth-order valence-corrected chi connectivity index (χ4v) is 3.48. The average Bonchev–Trinajstić information content (AvgIpc) is 3.28. The van der Waals surface area contributed by atoms with Gasteiger partial charge in [0.05, 0.1) is 23.3 Å². The zero-order valence-electron chi connectivity index (χ0n) is 15.2. The van der Waals surface area contributed by atoms with Gasteiger partial charge in [0.2, 0.25) is 6.23 Å². The molecule has 0 saturated carbocycles. The number of aromatic nitrogens is 1. The molecule has 1 aromatic carbocycles. The first kappa shape index (κ1) is 18.9. The molecule has 3 heterocycles. The van der Waals surface area contributed by atoms with Crippen molar-refractivity contribution in [2.75, 3.05) is 0 Å². The van der Waals surface area contributed by atoms with Crippen molar-refractivity contribution in [3.8, 4) is 0 Å². The predicted octanol–water partition coefficient (Wildman–Crippen LogP) is 2.98. The lowest BCUT2D eigenvalue weighted by molar-refractivity contribution is -0.224. The molecule has 9 heteroatoms. The van der Waals surface area contributed by atoms with Gasteiger partial charge in [0.25, 0.3) is 5.91 Å². The summed E-state index contributed by atoms with van der Waals surface area (Å²) in [6.45, 7) is 4.24. The van der Waals surface area contributed by atoms with Crippen LogP contribution >= 0.6 is 0 Å². The zero-order chi connectivity index (χ0) is 20.1. The Bertz CT molecular complexity index is 902. The highest BCUT2D eigenvalue weighted by Crippen LogP contribution is 2.36. The minimum atomic E-state index is -4.54. The Balaban J connectivity index is 1.58. The van der Waals surface area contributed by atoms with Crippen LogP contribution in [0.25, 0.3) is 0 Å². The predicted molar refractivity (Wildman–Crippen MR) is 93.5 cm³/mol. The van der Waals surface area contributed by atoms with E-state index in [1.54, 1.807) is 11.0 Å². The van der Waals surface area contributed by atoms with Crippen LogP contribution in [0.3, 0.4) is 0 Å². The lowest BCUT2D eigenvalue weighted by atomic mass is 9.92. The topological polar surface area (TPSA) is 66.5 Å². The zero-order valence-corrected chi connectivity index (χ0v) is 15.2. The minimum Gasteiger partial charge on any atom is -0.323 e. The van der Waals surface area contributed by atoms with Gasteiger partial charge in [0.15, 0.2) is 0 Å². The normalized spacial score (nSPS) is 22.6. The summed E-state index contributed by atoms with van der Waals surface area (Å²) >= 11 is 0. The molecule has 2 unspecified atom stereocenters. The highest BCUT2D eigenvalue weighted by Gasteiger charge is 2.47. The second kappa shape index (κ2) is 6.54. The minimum absolute atomic E-state index is 0.204. The van der Waals surface area contributed by atoms with Crippen LogP contribution in [0.4, 0.5) is 13.2 Å². The Morgan fingerprint density at radius 2 is 1.93 bits per heavy atom. The Kier molecular flexibility index (Phi) is 4.40. The Labute approximate surface area is 159 Å². The van der Waals surface area contributed by atoms with Gasteiger partial charge in [-0.05, 0) is 25.5 Å². The van der Waals surface area contributed by atoms with Gasteiger partial charge in [-0.15, -0.1) is 0 Å². The number of hydrogen-bond donors (Lipinski definition) is 2. The molecule has 1 fully saturated rings. The quantitative estimate of drug-likeness (QED) is 0.841. The summed E-state index contributed by atoms with van der Waals surface area (Å²) in [5.41, 5.74) is 4.12. The third-order valence-electron chi connectivity index (χ3n) is 5.18. The molecule has 2 atom stereocenters. The van der Waals surface area contributed by atoms with Gasteiger partial charge in [-0.25, -0.2) is 0 Å². The fourth-order valence-electron chi connectivity index (χ4n) is 3.48. The largest absolute Gasteiger partial charge is 0.430 e. The summed E-state index contributed by atoms with van der Waals surface area (Å²) in [5.74, 6) is -0.204. The van der Waals surface area contributed by atoms with E-state index in [1.165, 1.54) is 6.20 Å². The van der Waals surface area contributed by atoms with Gasteiger partial charge in [0, 0.05) is 11.8 Å². The molecule has 148 valence electrons. The third-order valence-corrected chi connectivity index (χ3v) is 5.18. The summed E-state index contributed by atoms with van der Waals surface area (Å²) in [5, 5.41) is 2.30. The second-order valence-corrected chi connectivity index (χ2v) is 7.34. The van der Waals surface area contributed by atoms with Gasteiger partial charge in [-0.3, -0.25) is 19.9 Å². The van der Waals surface area contributed by atoms with Gasteiger partial charge >= 0.3 is 6.18 Å². The number of carbonyl (C=O) groups excluding carboxylic acids is 1. The Morgan fingerprint density at radius 1 is 1.21 bits per heavy atom. The molecule has 2 aliphatic heterocycles. The van der Waals surface area contributed by atoms with E-state index in [2.05, 4.69) is 20.6 Å². The van der Waals surface area contributed by atoms with Crippen molar-refractivity contribution < 1.29 is 22.8 Å². The maximum Gasteiger partial charge on any atom is 0.430 e. The molecule has 28 heavy (non-hydrogen) atoms. The van der Waals surface area contributed by atoms with Gasteiger partial charge < -0.3 is 4.90 Å². The van der Waals surface area contributed by atoms with E-state index >= 15 is 0 Å². The number of nitrogens with zero attached hydrogens (tertiary/aromatic N) is 2. The molecule has 2 N–H and O–H groups in total. The van der Waals surface area contributed by atoms with E-state index in [4.69, 9.17) is 0 Å². The van der Waals surface area contributed by atoms with Crippen LogP contribution in [0.2, 0.25) is 0 Å². The van der Waals surface area contributed by atoms with Gasteiger partial charge in [0.1, 0.15) is 6.17 Å². The van der Waals surface area contributed by atoms with Crippen molar-refractivity contribution in [1.82, 2.24) is 20.7 Å². The molecule has 1 amide bonds. The van der Waals surface area contributed by atoms with E-state index in [0.717, 1.165) is 5.56 Å². The monoisotopic (exact) mass is 392 g/mol. The maximum absolute atomic E-state index is 13.0. The molecule has 1 aromatic heterocycles. The smallest absolute Gasteiger partial charge is 0.323 e. The van der Waals surface area contributed by atoms with Crippen molar-refractivity contribution >= 4 is 5.91 Å². The highest BCUT2D eigenvalue weighted by atomic mass is 19.4. The summed E-state index contributed by atoms with van der Waals surface area (Å²) in [6, 6.07) is 11.2. The Hall–Kier alpha value is -2.49. The van der Waals surface area contributed by atoms with Crippen LogP contribution in [0.1, 0.15) is 47.2 Å². The number of alkyl halides is 3. The number of pyridine rings is 1. The first-order valence-electron chi connectivity index (χ1n) is 8.78. The van der Waals surface area contributed by atoms with Crippen molar-refractivity contribution in [3.05, 3.63) is 65.0 Å². The van der Waals surface area contributed by atoms with E-state index < -0.39 is 24.1 Å². The molecule has 2 aromatic rings. The number of fused-ring (bicyclic) bond motifs is 1. The molecule has 0 bridgehead atoms. The van der Waals surface area contributed by atoms with Crippen LogP contribution in [0.5, 0.6) is 0 Å². The van der Waals surface area contributed by atoms with Crippen LogP contribution in [-0.2, 0) is 16.9 Å². The van der Waals surface area contributed by atoms with E-state index in [1.807, 2.05) is 44.2 Å². The summed E-state index contributed by atoms with van der Waals surface area (Å²) in [4.78, 5) is 23.6. The number of amides is 1. The SMILES string of the molecule is CC(C)(c1ccccc1)N1Cc2ncc(C3NOC(C(F)(F)F)N3)cc2C1=O. The number of rotatable bonds is 3. The van der Waals surface area contributed by atoms with Gasteiger partial charge in [-0.1, -0.05) is 30.3 Å². The molecule has 0 aliphatic carbocycles. The number of nitrogens with one attached hydrogen (secondary N) is 2. The number of halogens is 3. The molecular weight excluding hydrogens is 373 g/mol. The number of hydrogen-bond acceptors (Lipinski definition) is 5. The average molecular weight is 392 g/mol. The summed E-state index contributed by atoms with van der Waals surface area (Å²) < 4.78 is 38.3. The lowest BCUT2D eigenvalue weighted by Crippen LogP contribution is -2.41. The number of hydroxylamine groups is 1. The summed E-state index contributed by atoms with van der Waals surface area (Å²) in [6.07, 6.45) is -6.11. The fraction of sp³-hybridized carbons (Fsp3) is 0.368. The molecule has 2 aliphatic rings. The highest BCUT2D eigenvalue weighted by molar-refractivity contribution is 5.98. The van der Waals surface area contributed by atoms with Crippen LogP contribution in [0.15, 0.2) is 42.6 Å². The molecule has 0 spiro atoms. The molecule has 1 saturated heterocycles.